The summed E-state index contributed by atoms with van der Waals surface area (Å²) in [4.78, 5) is 20.9. The molecular formula is C24H26ClN5OS. The summed E-state index contributed by atoms with van der Waals surface area (Å²) in [6.07, 6.45) is 1.93. The van der Waals surface area contributed by atoms with Crippen molar-refractivity contribution in [1.82, 2.24) is 15.1 Å². The quantitative estimate of drug-likeness (QED) is 0.568. The second-order valence-electron chi connectivity index (χ2n) is 8.33. The lowest BCUT2D eigenvalue weighted by molar-refractivity contribution is -0.136. The summed E-state index contributed by atoms with van der Waals surface area (Å²) in [7, 11) is 0. The van der Waals surface area contributed by atoms with Gasteiger partial charge in [-0.05, 0) is 54.6 Å². The molecule has 0 spiro atoms. The minimum atomic E-state index is 0.0141. The third kappa shape index (κ3) is 4.59. The van der Waals surface area contributed by atoms with Crippen LogP contribution in [0.15, 0.2) is 53.9 Å². The number of nitrogens with zero attached hydrogens (tertiary/aromatic N) is 5. The van der Waals surface area contributed by atoms with E-state index >= 15 is 0 Å². The van der Waals surface area contributed by atoms with E-state index in [1.165, 1.54) is 0 Å². The molecule has 1 amide bonds. The number of anilines is 2. The van der Waals surface area contributed by atoms with Crippen LogP contribution >= 0.6 is 22.9 Å². The zero-order valence-corrected chi connectivity index (χ0v) is 19.4. The molecule has 1 aromatic carbocycles. The lowest BCUT2D eigenvalue weighted by Crippen LogP contribution is -2.52. The van der Waals surface area contributed by atoms with Crippen LogP contribution in [0.3, 0.4) is 0 Å². The molecule has 166 valence electrons. The van der Waals surface area contributed by atoms with Crippen molar-refractivity contribution in [3.05, 3.63) is 58.9 Å². The van der Waals surface area contributed by atoms with E-state index in [4.69, 9.17) is 11.6 Å². The first-order chi connectivity index (χ1) is 15.7. The average molecular weight is 468 g/mol. The summed E-state index contributed by atoms with van der Waals surface area (Å²) in [5.74, 6) is 1.14. The van der Waals surface area contributed by atoms with Crippen LogP contribution in [0, 0.1) is 5.92 Å². The Hall–Kier alpha value is -2.64. The number of piperidine rings is 1. The fourth-order valence-corrected chi connectivity index (χ4v) is 5.43. The monoisotopic (exact) mass is 467 g/mol. The Morgan fingerprint density at radius 3 is 2.56 bits per heavy atom. The zero-order chi connectivity index (χ0) is 21.9. The number of hydrogen-bond donors (Lipinski definition) is 0. The summed E-state index contributed by atoms with van der Waals surface area (Å²) >= 11 is 7.80. The van der Waals surface area contributed by atoms with Crippen LogP contribution < -0.4 is 9.80 Å². The largest absolute Gasteiger partial charge is 0.368 e. The van der Waals surface area contributed by atoms with Gasteiger partial charge in [0, 0.05) is 50.0 Å². The lowest BCUT2D eigenvalue weighted by Gasteiger charge is -2.40. The summed E-state index contributed by atoms with van der Waals surface area (Å²) in [6.45, 7) is 4.78. The maximum atomic E-state index is 13.3. The number of thiophene rings is 1. The molecule has 4 heterocycles. The van der Waals surface area contributed by atoms with E-state index in [1.54, 1.807) is 11.3 Å². The van der Waals surface area contributed by atoms with Gasteiger partial charge in [0.1, 0.15) is 5.69 Å². The van der Waals surface area contributed by atoms with Gasteiger partial charge in [-0.3, -0.25) is 4.79 Å². The molecule has 5 rings (SSSR count). The highest BCUT2D eigenvalue weighted by Gasteiger charge is 2.31. The summed E-state index contributed by atoms with van der Waals surface area (Å²) in [5, 5.41) is 11.7. The first kappa shape index (κ1) is 21.2. The van der Waals surface area contributed by atoms with Gasteiger partial charge in [0.2, 0.25) is 5.91 Å². The van der Waals surface area contributed by atoms with Crippen molar-refractivity contribution in [2.45, 2.75) is 12.8 Å². The number of rotatable bonds is 4. The second-order valence-corrected chi connectivity index (χ2v) is 9.72. The molecular weight excluding hydrogens is 442 g/mol. The minimum absolute atomic E-state index is 0.0141. The number of halogens is 1. The van der Waals surface area contributed by atoms with E-state index in [9.17, 15) is 4.79 Å². The normalized spacial score (nSPS) is 19.3. The summed E-state index contributed by atoms with van der Waals surface area (Å²) < 4.78 is 0. The smallest absolute Gasteiger partial charge is 0.227 e. The highest BCUT2D eigenvalue weighted by molar-refractivity contribution is 7.13. The molecule has 2 fully saturated rings. The Bertz CT molecular complexity index is 1050. The van der Waals surface area contributed by atoms with Gasteiger partial charge in [-0.25, -0.2) is 0 Å². The van der Waals surface area contributed by atoms with Crippen LogP contribution in [0.1, 0.15) is 12.8 Å². The topological polar surface area (TPSA) is 52.6 Å². The van der Waals surface area contributed by atoms with Gasteiger partial charge in [-0.15, -0.1) is 21.5 Å². The fraction of sp³-hybridized carbons (Fsp3) is 0.375. The molecule has 0 bridgehead atoms. The van der Waals surface area contributed by atoms with Gasteiger partial charge in [0.15, 0.2) is 5.82 Å². The van der Waals surface area contributed by atoms with Gasteiger partial charge in [-0.2, -0.15) is 0 Å². The molecule has 2 aliphatic rings. The molecule has 3 aromatic rings. The molecule has 0 aliphatic carbocycles. The van der Waals surface area contributed by atoms with Gasteiger partial charge in [-0.1, -0.05) is 23.7 Å². The van der Waals surface area contributed by atoms with Gasteiger partial charge in [0.05, 0.1) is 10.8 Å². The Balaban J connectivity index is 1.19. The molecule has 2 aliphatic heterocycles. The first-order valence-electron chi connectivity index (χ1n) is 11.1. The third-order valence-corrected chi connectivity index (χ3v) is 7.41. The van der Waals surface area contributed by atoms with Crippen molar-refractivity contribution in [2.24, 2.45) is 5.92 Å². The van der Waals surface area contributed by atoms with E-state index in [0.29, 0.717) is 6.54 Å². The summed E-state index contributed by atoms with van der Waals surface area (Å²) in [6, 6.07) is 16.0. The SMILES string of the molecule is O=C(C1CCCN(c2ccc(-c3cccs3)nn2)C1)N1CCN(c2cccc(Cl)c2)CC1. The Morgan fingerprint density at radius 2 is 1.84 bits per heavy atom. The number of hydrogen-bond acceptors (Lipinski definition) is 6. The highest BCUT2D eigenvalue weighted by atomic mass is 35.5. The van der Waals surface area contributed by atoms with Crippen LogP contribution in [0.5, 0.6) is 0 Å². The van der Waals surface area contributed by atoms with E-state index in [1.807, 2.05) is 46.7 Å². The average Bonchev–Trinajstić information content (AvgIpc) is 3.39. The predicted octanol–water partition coefficient (Wildman–Crippen LogP) is 4.42. The summed E-state index contributed by atoms with van der Waals surface area (Å²) in [5.41, 5.74) is 2.02. The molecule has 2 saturated heterocycles. The van der Waals surface area contributed by atoms with Crippen molar-refractivity contribution < 1.29 is 4.79 Å². The van der Waals surface area contributed by atoms with Crippen LogP contribution in [0.4, 0.5) is 11.5 Å². The minimum Gasteiger partial charge on any atom is -0.368 e. The van der Waals surface area contributed by atoms with Gasteiger partial charge >= 0.3 is 0 Å². The zero-order valence-electron chi connectivity index (χ0n) is 17.9. The number of amides is 1. The molecule has 0 N–H and O–H groups in total. The number of carbonyl (C=O) groups excluding carboxylic acids is 1. The van der Waals surface area contributed by atoms with Crippen molar-refractivity contribution >= 4 is 40.4 Å². The molecule has 6 nitrogen and oxygen atoms in total. The lowest BCUT2D eigenvalue weighted by atomic mass is 9.96. The molecule has 1 unspecified atom stereocenters. The van der Waals surface area contributed by atoms with Crippen molar-refractivity contribution in [1.29, 1.82) is 0 Å². The molecule has 8 heteroatoms. The molecule has 2 aromatic heterocycles. The first-order valence-corrected chi connectivity index (χ1v) is 12.3. The molecule has 0 radical (unpaired) electrons. The number of carbonyl (C=O) groups is 1. The van der Waals surface area contributed by atoms with Gasteiger partial charge in [0.25, 0.3) is 0 Å². The van der Waals surface area contributed by atoms with E-state index in [0.717, 1.165) is 72.7 Å². The highest BCUT2D eigenvalue weighted by Crippen LogP contribution is 2.27. The number of benzene rings is 1. The molecule has 0 saturated carbocycles. The van der Waals surface area contributed by atoms with E-state index in [-0.39, 0.29) is 11.8 Å². The Kier molecular flexibility index (Phi) is 6.28. The number of aromatic nitrogens is 2. The van der Waals surface area contributed by atoms with Crippen LogP contribution in [0.25, 0.3) is 10.6 Å². The Morgan fingerprint density at radius 1 is 0.969 bits per heavy atom. The molecule has 1 atom stereocenters. The van der Waals surface area contributed by atoms with Crippen molar-refractivity contribution in [3.63, 3.8) is 0 Å². The van der Waals surface area contributed by atoms with Gasteiger partial charge < -0.3 is 14.7 Å². The van der Waals surface area contributed by atoms with Crippen LogP contribution in [0.2, 0.25) is 5.02 Å². The van der Waals surface area contributed by atoms with Crippen LogP contribution in [-0.2, 0) is 4.79 Å². The molecule has 32 heavy (non-hydrogen) atoms. The maximum absolute atomic E-state index is 13.3. The van der Waals surface area contributed by atoms with Crippen molar-refractivity contribution in [3.8, 4) is 10.6 Å². The fourth-order valence-electron chi connectivity index (χ4n) is 4.55. The third-order valence-electron chi connectivity index (χ3n) is 6.28. The number of piperazine rings is 1. The second kappa shape index (κ2) is 9.46. The van der Waals surface area contributed by atoms with E-state index in [2.05, 4.69) is 32.1 Å². The van der Waals surface area contributed by atoms with E-state index < -0.39 is 0 Å². The van der Waals surface area contributed by atoms with Crippen LogP contribution in [-0.4, -0.2) is 60.3 Å². The maximum Gasteiger partial charge on any atom is 0.227 e. The standard InChI is InChI=1S/C24H26ClN5OS/c25-19-5-1-6-20(16-19)28-11-13-29(14-12-28)24(31)18-4-2-10-30(17-18)23-9-8-21(26-27-23)22-7-3-15-32-22/h1,3,5-9,15-16,18H,2,4,10-14,17H2. The Labute approximate surface area is 197 Å². The van der Waals surface area contributed by atoms with Crippen molar-refractivity contribution in [2.75, 3.05) is 49.1 Å². The predicted molar refractivity (Wildman–Crippen MR) is 131 cm³/mol.